The predicted molar refractivity (Wildman–Crippen MR) is 142 cm³/mol. The number of imidazole rings is 1. The summed E-state index contributed by atoms with van der Waals surface area (Å²) in [4.78, 5) is 28.2. The number of nitrogens with one attached hydrogen (secondary N) is 2. The molecule has 7 heteroatoms. The van der Waals surface area contributed by atoms with E-state index >= 15 is 0 Å². The van der Waals surface area contributed by atoms with Crippen molar-refractivity contribution in [1.29, 1.82) is 0 Å². The summed E-state index contributed by atoms with van der Waals surface area (Å²) in [6.07, 6.45) is 6.85. The lowest BCUT2D eigenvalue weighted by Crippen LogP contribution is -2.53. The number of amides is 1. The predicted octanol–water partition coefficient (Wildman–Crippen LogP) is 5.68. The number of nitrogens with zero attached hydrogens (tertiary/aromatic N) is 4. The van der Waals surface area contributed by atoms with E-state index in [-0.39, 0.29) is 23.1 Å². The van der Waals surface area contributed by atoms with Gasteiger partial charge in [0.05, 0.1) is 6.20 Å². The van der Waals surface area contributed by atoms with Crippen molar-refractivity contribution >= 4 is 23.0 Å². The number of H-pyrrole nitrogens is 1. The molecule has 0 spiro atoms. The standard InChI is InChI=1S/C28H38N6O/c1-7-33-14-16-34(17-15-33)28(4,5)21-8-9-23(31-26(35)25-30-19-24(29-6)32-25)22(18-21)20-10-12-27(2,3)13-11-20/h8-10,18-19H,7,11-17H2,1-5H3,(H,30,32)(H,31,35). The summed E-state index contributed by atoms with van der Waals surface area (Å²) in [6.45, 7) is 24.0. The van der Waals surface area contributed by atoms with Crippen molar-refractivity contribution in [3.05, 3.63) is 58.8 Å². The Bertz CT molecular complexity index is 1140. The van der Waals surface area contributed by atoms with Crippen LogP contribution in [0.3, 0.4) is 0 Å². The third-order valence-corrected chi connectivity index (χ3v) is 7.80. The Hall–Kier alpha value is -2.95. The lowest BCUT2D eigenvalue weighted by Gasteiger charge is -2.44. The van der Waals surface area contributed by atoms with Crippen LogP contribution in [0, 0.1) is 12.0 Å². The van der Waals surface area contributed by atoms with Gasteiger partial charge in [0.1, 0.15) is 0 Å². The SMILES string of the molecule is [C-]#[N+]c1cnc(C(=O)Nc2ccc(C(C)(C)N3CCN(CC)CC3)cc2C2=CCC(C)(C)CC2)[nH]1. The fraction of sp³-hybridized carbons (Fsp3) is 0.536. The molecule has 0 bridgehead atoms. The van der Waals surface area contributed by atoms with Gasteiger partial charge >= 0.3 is 5.91 Å². The summed E-state index contributed by atoms with van der Waals surface area (Å²) < 4.78 is 0. The van der Waals surface area contributed by atoms with Gasteiger partial charge in [0.2, 0.25) is 5.82 Å². The number of hydrogen-bond donors (Lipinski definition) is 2. The smallest absolute Gasteiger partial charge is 0.314 e. The van der Waals surface area contributed by atoms with E-state index in [2.05, 4.69) is 82.8 Å². The number of allylic oxidation sites excluding steroid dienone is 2. The zero-order valence-corrected chi connectivity index (χ0v) is 21.7. The Morgan fingerprint density at radius 2 is 2.00 bits per heavy atom. The summed E-state index contributed by atoms with van der Waals surface area (Å²) in [7, 11) is 0. The fourth-order valence-corrected chi connectivity index (χ4v) is 5.09. The summed E-state index contributed by atoms with van der Waals surface area (Å²) in [6, 6.07) is 6.45. The second-order valence-electron chi connectivity index (χ2n) is 11.0. The molecule has 0 unspecified atom stereocenters. The Labute approximate surface area is 209 Å². The zero-order chi connectivity index (χ0) is 25.2. The molecule has 1 fully saturated rings. The number of carbonyl (C=O) groups is 1. The summed E-state index contributed by atoms with van der Waals surface area (Å²) in [5.74, 6) is 0.0763. The molecule has 1 amide bonds. The number of aromatic amines is 1. The number of piperazine rings is 1. The van der Waals surface area contributed by atoms with Gasteiger partial charge in [-0.15, -0.1) is 0 Å². The average Bonchev–Trinajstić information content (AvgIpc) is 3.34. The molecule has 2 aliphatic rings. The van der Waals surface area contributed by atoms with Gasteiger partial charge in [0.25, 0.3) is 5.82 Å². The first-order valence-electron chi connectivity index (χ1n) is 12.7. The van der Waals surface area contributed by atoms with E-state index in [1.807, 2.05) is 6.07 Å². The number of hydrogen-bond acceptors (Lipinski definition) is 4. The molecule has 1 aromatic heterocycles. The second-order valence-corrected chi connectivity index (χ2v) is 11.0. The first-order valence-corrected chi connectivity index (χ1v) is 12.7. The lowest BCUT2D eigenvalue weighted by molar-refractivity contribution is 0.0527. The van der Waals surface area contributed by atoms with Gasteiger partial charge in [-0.05, 0) is 68.3 Å². The Morgan fingerprint density at radius 1 is 1.26 bits per heavy atom. The van der Waals surface area contributed by atoms with Crippen LogP contribution in [0.15, 0.2) is 30.5 Å². The zero-order valence-electron chi connectivity index (χ0n) is 21.7. The quantitative estimate of drug-likeness (QED) is 0.529. The topological polar surface area (TPSA) is 68.6 Å². The third-order valence-electron chi connectivity index (χ3n) is 7.80. The maximum atomic E-state index is 12.9. The highest BCUT2D eigenvalue weighted by Crippen LogP contribution is 2.41. The van der Waals surface area contributed by atoms with Crippen molar-refractivity contribution in [3.63, 3.8) is 0 Å². The van der Waals surface area contributed by atoms with E-state index < -0.39 is 0 Å². The highest BCUT2D eigenvalue weighted by molar-refractivity contribution is 6.03. The maximum Gasteiger partial charge on any atom is 0.314 e. The molecule has 35 heavy (non-hydrogen) atoms. The van der Waals surface area contributed by atoms with Crippen molar-refractivity contribution in [1.82, 2.24) is 19.8 Å². The normalized spacial score (nSPS) is 19.1. The molecular formula is C28H38N6O. The Morgan fingerprint density at radius 3 is 2.60 bits per heavy atom. The number of benzene rings is 1. The summed E-state index contributed by atoms with van der Waals surface area (Å²) in [5.41, 5.74) is 4.61. The van der Waals surface area contributed by atoms with Crippen LogP contribution in [-0.2, 0) is 5.54 Å². The molecule has 1 aliphatic carbocycles. The monoisotopic (exact) mass is 474 g/mol. The van der Waals surface area contributed by atoms with E-state index in [0.717, 1.165) is 63.2 Å². The largest absolute Gasteiger partial charge is 0.363 e. The number of anilines is 1. The van der Waals surface area contributed by atoms with Crippen molar-refractivity contribution < 1.29 is 4.79 Å². The molecule has 4 rings (SSSR count). The van der Waals surface area contributed by atoms with Gasteiger partial charge in [-0.25, -0.2) is 4.98 Å². The second kappa shape index (κ2) is 9.96. The molecule has 0 atom stereocenters. The summed E-state index contributed by atoms with van der Waals surface area (Å²) >= 11 is 0. The molecule has 1 saturated heterocycles. The van der Waals surface area contributed by atoms with Crippen LogP contribution in [0.5, 0.6) is 0 Å². The minimum atomic E-state index is -0.333. The van der Waals surface area contributed by atoms with Gasteiger partial charge in [-0.1, -0.05) is 39.5 Å². The van der Waals surface area contributed by atoms with Crippen LogP contribution >= 0.6 is 0 Å². The lowest BCUT2D eigenvalue weighted by atomic mass is 9.76. The van der Waals surface area contributed by atoms with Crippen molar-refractivity contribution in [2.45, 2.75) is 59.4 Å². The van der Waals surface area contributed by atoms with Gasteiger partial charge in [0, 0.05) is 43.0 Å². The number of rotatable bonds is 6. The Kier molecular flexibility index (Phi) is 7.16. The van der Waals surface area contributed by atoms with E-state index in [1.54, 1.807) is 0 Å². The van der Waals surface area contributed by atoms with E-state index in [0.29, 0.717) is 5.41 Å². The van der Waals surface area contributed by atoms with Crippen LogP contribution in [0.1, 0.15) is 75.6 Å². The van der Waals surface area contributed by atoms with Gasteiger partial charge in [0.15, 0.2) is 0 Å². The van der Waals surface area contributed by atoms with Crippen molar-refractivity contribution in [2.24, 2.45) is 5.41 Å². The van der Waals surface area contributed by atoms with Gasteiger partial charge in [-0.3, -0.25) is 14.7 Å². The molecule has 186 valence electrons. The van der Waals surface area contributed by atoms with Crippen molar-refractivity contribution in [2.75, 3.05) is 38.0 Å². The number of carbonyl (C=O) groups excluding carboxylic acids is 1. The Balaban J connectivity index is 1.66. The van der Waals surface area contributed by atoms with Crippen LogP contribution in [0.25, 0.3) is 10.4 Å². The first kappa shape index (κ1) is 25.2. The van der Waals surface area contributed by atoms with Crippen molar-refractivity contribution in [3.8, 4) is 0 Å². The minimum absolute atomic E-state index is 0.114. The van der Waals surface area contributed by atoms with Crippen LogP contribution in [0.2, 0.25) is 0 Å². The molecule has 2 heterocycles. The van der Waals surface area contributed by atoms with Gasteiger partial charge in [-0.2, -0.15) is 0 Å². The minimum Gasteiger partial charge on any atom is -0.363 e. The molecule has 0 radical (unpaired) electrons. The number of aromatic nitrogens is 2. The average molecular weight is 475 g/mol. The van der Waals surface area contributed by atoms with Crippen LogP contribution in [0.4, 0.5) is 11.5 Å². The molecule has 1 aromatic carbocycles. The van der Waals surface area contributed by atoms with Crippen LogP contribution < -0.4 is 5.32 Å². The van der Waals surface area contributed by atoms with E-state index in [9.17, 15) is 4.79 Å². The fourth-order valence-electron chi connectivity index (χ4n) is 5.09. The van der Waals surface area contributed by atoms with E-state index in [1.165, 1.54) is 17.3 Å². The first-order chi connectivity index (χ1) is 16.6. The molecule has 1 aliphatic heterocycles. The summed E-state index contributed by atoms with van der Waals surface area (Å²) in [5, 5.41) is 3.06. The molecule has 2 N–H and O–H groups in total. The van der Waals surface area contributed by atoms with Gasteiger partial charge < -0.3 is 15.1 Å². The molecule has 0 saturated carbocycles. The highest BCUT2D eigenvalue weighted by Gasteiger charge is 2.32. The third kappa shape index (κ3) is 5.50. The maximum absolute atomic E-state index is 12.9. The highest BCUT2D eigenvalue weighted by atomic mass is 16.2. The molecule has 2 aromatic rings. The molecular weight excluding hydrogens is 436 g/mol. The number of likely N-dealkylation sites (N-methyl/N-ethyl adjacent to an activating group) is 1. The molecule has 7 nitrogen and oxygen atoms in total. The van der Waals surface area contributed by atoms with E-state index in [4.69, 9.17) is 6.57 Å². The van der Waals surface area contributed by atoms with Crippen LogP contribution in [-0.4, -0.2) is 58.4 Å².